The third-order valence-corrected chi connectivity index (χ3v) is 7.75. The predicted molar refractivity (Wildman–Crippen MR) is 126 cm³/mol. The van der Waals surface area contributed by atoms with Gasteiger partial charge in [-0.15, -0.1) is 0 Å². The van der Waals surface area contributed by atoms with Gasteiger partial charge >= 0.3 is 6.09 Å². The molecular formula is C28H27FN2O3. The molecule has 2 atom stereocenters. The van der Waals surface area contributed by atoms with Crippen LogP contribution in [0.4, 0.5) is 9.18 Å². The minimum absolute atomic E-state index is 0.00871. The molecule has 6 heteroatoms. The first-order valence-corrected chi connectivity index (χ1v) is 12.0. The molecule has 2 fully saturated rings. The average molecular weight is 459 g/mol. The zero-order valence-electron chi connectivity index (χ0n) is 18.9. The quantitative estimate of drug-likeness (QED) is 0.573. The number of carbonyl (C=O) groups is 1. The standard InChI is InChI=1S/C28H27FN2O3/c29-18-12-13-30-26(14-18)28(33)15-19-6-5-7-20(16-28)31(19)27(32)34-17-25-23-10-3-1-8-21(23)22-9-2-4-11-24(22)25/h1-4,8-14,19-20,25,33H,5-7,15-17H2. The van der Waals surface area contributed by atoms with Crippen LogP contribution in [0.25, 0.3) is 11.1 Å². The normalized spacial score (nSPS) is 25.5. The number of ether oxygens (including phenoxy) is 1. The van der Waals surface area contributed by atoms with Crippen LogP contribution in [0.2, 0.25) is 0 Å². The molecular weight excluding hydrogens is 431 g/mol. The van der Waals surface area contributed by atoms with E-state index in [4.69, 9.17) is 4.74 Å². The summed E-state index contributed by atoms with van der Waals surface area (Å²) < 4.78 is 19.7. The fourth-order valence-corrected chi connectivity index (χ4v) is 6.26. The summed E-state index contributed by atoms with van der Waals surface area (Å²) in [5.41, 5.74) is 3.86. The lowest BCUT2D eigenvalue weighted by atomic mass is 9.74. The van der Waals surface area contributed by atoms with E-state index in [0.29, 0.717) is 18.5 Å². The van der Waals surface area contributed by atoms with Crippen LogP contribution in [0, 0.1) is 5.82 Å². The summed E-state index contributed by atoms with van der Waals surface area (Å²) in [7, 11) is 0. The maximum absolute atomic E-state index is 13.8. The highest BCUT2D eigenvalue weighted by atomic mass is 19.1. The molecule has 2 bridgehead atoms. The van der Waals surface area contributed by atoms with Gasteiger partial charge in [-0.3, -0.25) is 4.98 Å². The molecule has 3 aromatic rings. The van der Waals surface area contributed by atoms with Gasteiger partial charge in [0.05, 0.1) is 5.69 Å². The van der Waals surface area contributed by atoms with Crippen molar-refractivity contribution in [1.82, 2.24) is 9.88 Å². The van der Waals surface area contributed by atoms with Crippen molar-refractivity contribution in [3.63, 3.8) is 0 Å². The van der Waals surface area contributed by atoms with E-state index in [9.17, 15) is 14.3 Å². The van der Waals surface area contributed by atoms with Gasteiger partial charge in [0.1, 0.15) is 18.0 Å². The molecule has 2 aromatic carbocycles. The molecule has 2 aliphatic heterocycles. The average Bonchev–Trinajstić information content (AvgIpc) is 3.16. The summed E-state index contributed by atoms with van der Waals surface area (Å²) in [6.07, 6.45) is 4.31. The molecule has 1 amide bonds. The van der Waals surface area contributed by atoms with Crippen LogP contribution >= 0.6 is 0 Å². The Hall–Kier alpha value is -3.25. The number of nitrogens with zero attached hydrogens (tertiary/aromatic N) is 2. The van der Waals surface area contributed by atoms with E-state index < -0.39 is 11.4 Å². The number of halogens is 1. The number of piperidine rings is 2. The van der Waals surface area contributed by atoms with Crippen molar-refractivity contribution in [2.45, 2.75) is 55.7 Å². The van der Waals surface area contributed by atoms with Gasteiger partial charge < -0.3 is 14.7 Å². The van der Waals surface area contributed by atoms with Crippen molar-refractivity contribution in [1.29, 1.82) is 0 Å². The molecule has 174 valence electrons. The molecule has 34 heavy (non-hydrogen) atoms. The second-order valence-electron chi connectivity index (χ2n) is 9.75. The Kier molecular flexibility index (Phi) is 5.14. The molecule has 0 spiro atoms. The van der Waals surface area contributed by atoms with Crippen LogP contribution in [0.5, 0.6) is 0 Å². The molecule has 3 heterocycles. The van der Waals surface area contributed by atoms with E-state index in [1.807, 2.05) is 29.2 Å². The van der Waals surface area contributed by atoms with Crippen molar-refractivity contribution < 1.29 is 19.0 Å². The number of hydrogen-bond acceptors (Lipinski definition) is 4. The zero-order valence-corrected chi connectivity index (χ0v) is 18.9. The third kappa shape index (κ3) is 3.48. The van der Waals surface area contributed by atoms with Crippen LogP contribution in [-0.4, -0.2) is 39.8 Å². The Balaban J connectivity index is 1.21. The predicted octanol–water partition coefficient (Wildman–Crippen LogP) is 5.37. The van der Waals surface area contributed by atoms with Crippen molar-refractivity contribution >= 4 is 6.09 Å². The van der Waals surface area contributed by atoms with Crippen molar-refractivity contribution in [3.05, 3.63) is 89.5 Å². The summed E-state index contributed by atoms with van der Waals surface area (Å²) in [5.74, 6) is -0.406. The highest BCUT2D eigenvalue weighted by Crippen LogP contribution is 2.46. The van der Waals surface area contributed by atoms with Gasteiger partial charge in [-0.25, -0.2) is 9.18 Å². The number of fused-ring (bicyclic) bond motifs is 5. The van der Waals surface area contributed by atoms with Crippen molar-refractivity contribution in [2.75, 3.05) is 6.61 Å². The number of rotatable bonds is 3. The van der Waals surface area contributed by atoms with Crippen molar-refractivity contribution in [3.8, 4) is 11.1 Å². The largest absolute Gasteiger partial charge is 0.448 e. The summed E-state index contributed by atoms with van der Waals surface area (Å²) in [4.78, 5) is 19.4. The molecule has 3 aliphatic rings. The molecule has 6 rings (SSSR count). The molecule has 0 radical (unpaired) electrons. The summed E-state index contributed by atoms with van der Waals surface area (Å²) in [6, 6.07) is 18.8. The zero-order chi connectivity index (χ0) is 23.3. The fourth-order valence-electron chi connectivity index (χ4n) is 6.26. The van der Waals surface area contributed by atoms with E-state index in [0.717, 1.165) is 19.3 Å². The molecule has 2 saturated heterocycles. The molecule has 0 saturated carbocycles. The van der Waals surface area contributed by atoms with E-state index in [1.54, 1.807) is 0 Å². The van der Waals surface area contributed by atoms with Gasteiger partial charge in [0.25, 0.3) is 0 Å². The van der Waals surface area contributed by atoms with Gasteiger partial charge in [0.2, 0.25) is 0 Å². The van der Waals surface area contributed by atoms with E-state index in [-0.39, 0.29) is 30.7 Å². The first kappa shape index (κ1) is 21.3. The summed E-state index contributed by atoms with van der Waals surface area (Å²) in [5, 5.41) is 11.4. The topological polar surface area (TPSA) is 62.7 Å². The highest BCUT2D eigenvalue weighted by molar-refractivity contribution is 5.79. The number of aromatic nitrogens is 1. The highest BCUT2D eigenvalue weighted by Gasteiger charge is 2.49. The third-order valence-electron chi connectivity index (χ3n) is 7.75. The number of benzene rings is 2. The lowest BCUT2D eigenvalue weighted by molar-refractivity contribution is -0.0914. The van der Waals surface area contributed by atoms with E-state index in [1.165, 1.54) is 40.6 Å². The number of hydrogen-bond donors (Lipinski definition) is 1. The fraction of sp³-hybridized carbons (Fsp3) is 0.357. The van der Waals surface area contributed by atoms with Gasteiger partial charge in [0, 0.05) is 37.0 Å². The monoisotopic (exact) mass is 458 g/mol. The minimum atomic E-state index is -1.24. The van der Waals surface area contributed by atoms with Crippen LogP contribution in [-0.2, 0) is 10.3 Å². The Morgan fingerprint density at radius 1 is 1.03 bits per heavy atom. The Morgan fingerprint density at radius 3 is 2.26 bits per heavy atom. The smallest absolute Gasteiger partial charge is 0.410 e. The Morgan fingerprint density at radius 2 is 1.65 bits per heavy atom. The number of carbonyl (C=O) groups excluding carboxylic acids is 1. The molecule has 5 nitrogen and oxygen atoms in total. The van der Waals surface area contributed by atoms with E-state index >= 15 is 0 Å². The molecule has 1 N–H and O–H groups in total. The maximum atomic E-state index is 13.8. The number of pyridine rings is 1. The van der Waals surface area contributed by atoms with Crippen LogP contribution < -0.4 is 0 Å². The van der Waals surface area contributed by atoms with Gasteiger partial charge in [-0.2, -0.15) is 0 Å². The lowest BCUT2D eigenvalue weighted by Crippen LogP contribution is -2.59. The van der Waals surface area contributed by atoms with Gasteiger partial charge in [-0.05, 0) is 53.6 Å². The Bertz CT molecular complexity index is 1190. The number of aliphatic hydroxyl groups is 1. The van der Waals surface area contributed by atoms with E-state index in [2.05, 4.69) is 29.2 Å². The summed E-state index contributed by atoms with van der Waals surface area (Å²) >= 11 is 0. The second-order valence-corrected chi connectivity index (χ2v) is 9.75. The second kappa shape index (κ2) is 8.20. The van der Waals surface area contributed by atoms with Gasteiger partial charge in [-0.1, -0.05) is 48.5 Å². The molecule has 1 aromatic heterocycles. The van der Waals surface area contributed by atoms with Crippen molar-refractivity contribution in [2.24, 2.45) is 0 Å². The molecule has 1 aliphatic carbocycles. The lowest BCUT2D eigenvalue weighted by Gasteiger charge is -2.51. The Labute approximate surface area is 198 Å². The van der Waals surface area contributed by atoms with Crippen LogP contribution in [0.1, 0.15) is 54.8 Å². The maximum Gasteiger partial charge on any atom is 0.410 e. The van der Waals surface area contributed by atoms with Crippen LogP contribution in [0.3, 0.4) is 0 Å². The molecule has 2 unspecified atom stereocenters. The SMILES string of the molecule is O=C(OCC1c2ccccc2-c2ccccc21)N1C2CCCC1CC(O)(c1cc(F)ccn1)C2. The van der Waals surface area contributed by atoms with Gasteiger partial charge in [0.15, 0.2) is 0 Å². The number of amides is 1. The van der Waals surface area contributed by atoms with Crippen LogP contribution in [0.15, 0.2) is 66.9 Å². The first-order valence-electron chi connectivity index (χ1n) is 12.0. The summed E-state index contributed by atoms with van der Waals surface area (Å²) in [6.45, 7) is 0.276. The minimum Gasteiger partial charge on any atom is -0.448 e. The first-order chi connectivity index (χ1) is 16.5.